The van der Waals surface area contributed by atoms with E-state index in [4.69, 9.17) is 0 Å². The van der Waals surface area contributed by atoms with Crippen LogP contribution in [0.15, 0.2) is 35.8 Å². The minimum Gasteiger partial charge on any atom is -0.354 e. The number of fused-ring (bicyclic) bond motifs is 1. The van der Waals surface area contributed by atoms with Crippen molar-refractivity contribution in [3.63, 3.8) is 0 Å². The highest BCUT2D eigenvalue weighted by molar-refractivity contribution is 7.17. The van der Waals surface area contributed by atoms with Gasteiger partial charge in [-0.15, -0.1) is 16.4 Å². The van der Waals surface area contributed by atoms with Crippen molar-refractivity contribution in [3.8, 4) is 0 Å². The quantitative estimate of drug-likeness (QED) is 0.653. The number of rotatable bonds is 6. The third-order valence-electron chi connectivity index (χ3n) is 5.45. The van der Waals surface area contributed by atoms with Gasteiger partial charge in [0.1, 0.15) is 0 Å². The van der Waals surface area contributed by atoms with Crippen molar-refractivity contribution in [1.82, 2.24) is 25.6 Å². The average Bonchev–Trinajstić information content (AvgIpc) is 3.34. The Balaban J connectivity index is 1.22. The zero-order valence-electron chi connectivity index (χ0n) is 16.4. The van der Waals surface area contributed by atoms with Crippen LogP contribution in [0, 0.1) is 12.8 Å². The van der Waals surface area contributed by atoms with E-state index in [2.05, 4.69) is 20.9 Å². The zero-order chi connectivity index (χ0) is 20.2. The van der Waals surface area contributed by atoms with Crippen molar-refractivity contribution < 1.29 is 9.59 Å². The molecule has 2 amide bonds. The minimum absolute atomic E-state index is 0.0153. The molecule has 1 aliphatic carbocycles. The van der Waals surface area contributed by atoms with Crippen LogP contribution in [0.4, 0.5) is 0 Å². The summed E-state index contributed by atoms with van der Waals surface area (Å²) < 4.78 is 2.86. The highest BCUT2D eigenvalue weighted by atomic mass is 32.1. The Morgan fingerprint density at radius 2 is 2.00 bits per heavy atom. The van der Waals surface area contributed by atoms with Gasteiger partial charge in [0, 0.05) is 40.2 Å². The predicted molar refractivity (Wildman–Crippen MR) is 113 cm³/mol. The van der Waals surface area contributed by atoms with Crippen molar-refractivity contribution in [2.24, 2.45) is 5.92 Å². The van der Waals surface area contributed by atoms with Crippen LogP contribution in [0.5, 0.6) is 0 Å². The summed E-state index contributed by atoms with van der Waals surface area (Å²) in [6.07, 6.45) is 5.10. The molecule has 0 aliphatic heterocycles. The second-order valence-corrected chi connectivity index (χ2v) is 8.49. The second kappa shape index (κ2) is 8.73. The van der Waals surface area contributed by atoms with Gasteiger partial charge in [0.25, 0.3) is 5.91 Å². The largest absolute Gasteiger partial charge is 0.354 e. The number of nitrogens with one attached hydrogen (secondary N) is 2. The predicted octanol–water partition coefficient (Wildman–Crippen LogP) is 2.91. The Morgan fingerprint density at radius 1 is 1.21 bits per heavy atom. The SMILES string of the molecule is Cc1cn(CCNC(=O)C2CCC(NC(=O)c3csc4ccccc34)CC2)nn1. The summed E-state index contributed by atoms with van der Waals surface area (Å²) in [4.78, 5) is 25.1. The molecule has 7 nitrogen and oxygen atoms in total. The van der Waals surface area contributed by atoms with Gasteiger partial charge in [0.15, 0.2) is 0 Å². The third-order valence-corrected chi connectivity index (χ3v) is 6.42. The number of carbonyl (C=O) groups is 2. The number of aromatic nitrogens is 3. The average molecular weight is 412 g/mol. The number of amides is 2. The lowest BCUT2D eigenvalue weighted by Gasteiger charge is -2.28. The first-order valence-electron chi connectivity index (χ1n) is 10.0. The Labute approximate surface area is 173 Å². The van der Waals surface area contributed by atoms with Gasteiger partial charge >= 0.3 is 0 Å². The van der Waals surface area contributed by atoms with E-state index in [1.54, 1.807) is 16.0 Å². The lowest BCUT2D eigenvalue weighted by atomic mass is 9.85. The molecule has 29 heavy (non-hydrogen) atoms. The number of thiophene rings is 1. The first-order chi connectivity index (χ1) is 14.1. The van der Waals surface area contributed by atoms with Crippen LogP contribution in [0.3, 0.4) is 0 Å². The smallest absolute Gasteiger partial charge is 0.252 e. The molecule has 1 aliphatic rings. The zero-order valence-corrected chi connectivity index (χ0v) is 17.2. The van der Waals surface area contributed by atoms with Crippen molar-refractivity contribution in [2.45, 2.75) is 45.2 Å². The molecule has 4 rings (SSSR count). The van der Waals surface area contributed by atoms with Crippen LogP contribution < -0.4 is 10.6 Å². The highest BCUT2D eigenvalue weighted by Gasteiger charge is 2.27. The molecular formula is C21H25N5O2S. The minimum atomic E-state index is -0.0153. The van der Waals surface area contributed by atoms with Gasteiger partial charge < -0.3 is 10.6 Å². The van der Waals surface area contributed by atoms with Gasteiger partial charge in [-0.2, -0.15) is 0 Å². The molecule has 0 bridgehead atoms. The molecule has 0 atom stereocenters. The van der Waals surface area contributed by atoms with Crippen LogP contribution in [-0.4, -0.2) is 39.4 Å². The van der Waals surface area contributed by atoms with Gasteiger partial charge in [0.05, 0.1) is 17.8 Å². The number of carbonyl (C=O) groups excluding carboxylic acids is 2. The molecule has 8 heteroatoms. The lowest BCUT2D eigenvalue weighted by Crippen LogP contribution is -2.41. The molecule has 0 spiro atoms. The molecule has 2 N–H and O–H groups in total. The summed E-state index contributed by atoms with van der Waals surface area (Å²) >= 11 is 1.59. The molecule has 0 saturated heterocycles. The summed E-state index contributed by atoms with van der Waals surface area (Å²) in [6.45, 7) is 3.05. The Kier molecular flexibility index (Phi) is 5.89. The number of hydrogen-bond acceptors (Lipinski definition) is 5. The Bertz CT molecular complexity index is 1000. The van der Waals surface area contributed by atoms with Gasteiger partial charge in [-0.3, -0.25) is 14.3 Å². The van der Waals surface area contributed by atoms with E-state index < -0.39 is 0 Å². The fraction of sp³-hybridized carbons (Fsp3) is 0.429. The number of benzene rings is 1. The second-order valence-electron chi connectivity index (χ2n) is 7.58. The molecule has 1 aromatic carbocycles. The summed E-state index contributed by atoms with van der Waals surface area (Å²) in [5.74, 6) is 0.0940. The normalized spacial score (nSPS) is 19.2. The van der Waals surface area contributed by atoms with Gasteiger partial charge in [-0.25, -0.2) is 0 Å². The van der Waals surface area contributed by atoms with Crippen molar-refractivity contribution in [3.05, 3.63) is 47.1 Å². The topological polar surface area (TPSA) is 88.9 Å². The van der Waals surface area contributed by atoms with Gasteiger partial charge in [0.2, 0.25) is 5.91 Å². The number of hydrogen-bond donors (Lipinski definition) is 2. The van der Waals surface area contributed by atoms with Crippen LogP contribution in [0.25, 0.3) is 10.1 Å². The molecule has 2 heterocycles. The molecule has 2 aromatic heterocycles. The molecular weight excluding hydrogens is 386 g/mol. The van der Waals surface area contributed by atoms with Crippen LogP contribution in [0.1, 0.15) is 41.7 Å². The maximum Gasteiger partial charge on any atom is 0.252 e. The Morgan fingerprint density at radius 3 is 2.76 bits per heavy atom. The van der Waals surface area contributed by atoms with Crippen molar-refractivity contribution in [2.75, 3.05) is 6.54 Å². The molecule has 3 aromatic rings. The fourth-order valence-corrected chi connectivity index (χ4v) is 4.80. The molecule has 0 unspecified atom stereocenters. The van der Waals surface area contributed by atoms with Crippen molar-refractivity contribution >= 4 is 33.2 Å². The van der Waals surface area contributed by atoms with E-state index in [9.17, 15) is 9.59 Å². The molecule has 0 radical (unpaired) electrons. The monoisotopic (exact) mass is 411 g/mol. The number of nitrogens with zero attached hydrogens (tertiary/aromatic N) is 3. The highest BCUT2D eigenvalue weighted by Crippen LogP contribution is 2.27. The Hall–Kier alpha value is -2.74. The molecule has 152 valence electrons. The van der Waals surface area contributed by atoms with E-state index >= 15 is 0 Å². The van der Waals surface area contributed by atoms with Crippen LogP contribution >= 0.6 is 11.3 Å². The number of aryl methyl sites for hydroxylation is 1. The summed E-state index contributed by atoms with van der Waals surface area (Å²) in [5, 5.41) is 17.0. The van der Waals surface area contributed by atoms with Gasteiger partial charge in [-0.1, -0.05) is 23.4 Å². The maximum absolute atomic E-state index is 12.7. The maximum atomic E-state index is 12.7. The van der Waals surface area contributed by atoms with Crippen molar-refractivity contribution in [1.29, 1.82) is 0 Å². The van der Waals surface area contributed by atoms with E-state index in [0.717, 1.165) is 47.0 Å². The fourth-order valence-electron chi connectivity index (χ4n) is 3.86. The van der Waals surface area contributed by atoms with Crippen LogP contribution in [-0.2, 0) is 11.3 Å². The standard InChI is InChI=1S/C21H25N5O2S/c1-14-12-26(25-24-14)11-10-22-20(27)15-6-8-16(9-7-15)23-21(28)18-13-29-19-5-3-2-4-17(18)19/h2-5,12-13,15-16H,6-11H2,1H3,(H,22,27)(H,23,28). The van der Waals surface area contributed by atoms with Crippen LogP contribution in [0.2, 0.25) is 0 Å². The lowest BCUT2D eigenvalue weighted by molar-refractivity contribution is -0.126. The summed E-state index contributed by atoms with van der Waals surface area (Å²) in [5.41, 5.74) is 1.61. The molecule has 1 saturated carbocycles. The van der Waals surface area contributed by atoms with E-state index in [1.165, 1.54) is 0 Å². The van der Waals surface area contributed by atoms with E-state index in [0.29, 0.717) is 13.1 Å². The van der Waals surface area contributed by atoms with E-state index in [-0.39, 0.29) is 23.8 Å². The third kappa shape index (κ3) is 4.64. The first-order valence-corrected chi connectivity index (χ1v) is 10.9. The summed E-state index contributed by atoms with van der Waals surface area (Å²) in [7, 11) is 0. The van der Waals surface area contributed by atoms with E-state index in [1.807, 2.05) is 42.8 Å². The first kappa shape index (κ1) is 19.6. The van der Waals surface area contributed by atoms with Gasteiger partial charge in [-0.05, 0) is 38.7 Å². The summed E-state index contributed by atoms with van der Waals surface area (Å²) in [6, 6.07) is 8.09. The molecule has 1 fully saturated rings.